The molecule has 0 amide bonds. The van der Waals surface area contributed by atoms with E-state index in [4.69, 9.17) is 10.5 Å². The lowest BCUT2D eigenvalue weighted by molar-refractivity contribution is -0.433. The SMILES string of the molecule is CC1(C)CC(=O)C2=C(C1)OC(N)=C([N+](=O)[O-])C2c1ccccn1. The molecule has 120 valence electrons. The van der Waals surface area contributed by atoms with E-state index in [1.165, 1.54) is 6.20 Å². The van der Waals surface area contributed by atoms with E-state index in [-0.39, 0.29) is 22.8 Å². The number of hydrogen-bond acceptors (Lipinski definition) is 6. The third-order valence-corrected chi connectivity index (χ3v) is 4.11. The minimum Gasteiger partial charge on any atom is -0.440 e. The monoisotopic (exact) mass is 315 g/mol. The number of allylic oxidation sites excluding steroid dienone is 2. The van der Waals surface area contributed by atoms with Gasteiger partial charge in [0.25, 0.3) is 5.88 Å². The van der Waals surface area contributed by atoms with Crippen molar-refractivity contribution in [1.29, 1.82) is 0 Å². The first-order chi connectivity index (χ1) is 10.8. The smallest absolute Gasteiger partial charge is 0.319 e. The fraction of sp³-hybridized carbons (Fsp3) is 0.375. The van der Waals surface area contributed by atoms with Crippen LogP contribution in [0.2, 0.25) is 0 Å². The van der Waals surface area contributed by atoms with Gasteiger partial charge >= 0.3 is 5.70 Å². The molecule has 0 fully saturated rings. The number of carbonyl (C=O) groups excluding carboxylic acids is 1. The molecule has 7 nitrogen and oxygen atoms in total. The molecule has 0 saturated heterocycles. The van der Waals surface area contributed by atoms with Crippen LogP contribution in [0.4, 0.5) is 0 Å². The predicted molar refractivity (Wildman–Crippen MR) is 81.3 cm³/mol. The second-order valence-electron chi connectivity index (χ2n) is 6.57. The lowest BCUT2D eigenvalue weighted by atomic mass is 9.72. The fourth-order valence-electron chi connectivity index (χ4n) is 3.18. The van der Waals surface area contributed by atoms with Crippen molar-refractivity contribution < 1.29 is 14.5 Å². The third-order valence-electron chi connectivity index (χ3n) is 4.11. The van der Waals surface area contributed by atoms with Crippen LogP contribution in [-0.2, 0) is 9.53 Å². The Morgan fingerprint density at radius 2 is 2.13 bits per heavy atom. The van der Waals surface area contributed by atoms with Crippen molar-refractivity contribution >= 4 is 5.78 Å². The maximum Gasteiger partial charge on any atom is 0.319 e. The van der Waals surface area contributed by atoms with Gasteiger partial charge in [0.05, 0.1) is 16.2 Å². The molecule has 1 atom stereocenters. The summed E-state index contributed by atoms with van der Waals surface area (Å²) < 4.78 is 5.47. The minimum atomic E-state index is -0.890. The highest BCUT2D eigenvalue weighted by Gasteiger charge is 2.47. The van der Waals surface area contributed by atoms with Crippen LogP contribution in [0.3, 0.4) is 0 Å². The molecule has 2 aliphatic rings. The second-order valence-corrected chi connectivity index (χ2v) is 6.57. The normalized spacial score (nSPS) is 23.4. The Morgan fingerprint density at radius 3 is 2.74 bits per heavy atom. The van der Waals surface area contributed by atoms with Gasteiger partial charge < -0.3 is 10.5 Å². The molecular formula is C16H17N3O4. The van der Waals surface area contributed by atoms with E-state index < -0.39 is 10.8 Å². The zero-order valence-electron chi connectivity index (χ0n) is 12.9. The Bertz CT molecular complexity index is 750. The molecule has 2 N–H and O–H groups in total. The number of hydrogen-bond donors (Lipinski definition) is 1. The summed E-state index contributed by atoms with van der Waals surface area (Å²) in [7, 11) is 0. The average Bonchev–Trinajstić information content (AvgIpc) is 2.44. The molecule has 0 aromatic carbocycles. The van der Waals surface area contributed by atoms with Crippen molar-refractivity contribution in [2.24, 2.45) is 11.1 Å². The molecular weight excluding hydrogens is 298 g/mol. The zero-order valence-corrected chi connectivity index (χ0v) is 12.9. The third kappa shape index (κ3) is 2.58. The number of nitrogens with two attached hydrogens (primary N) is 1. The maximum atomic E-state index is 12.7. The molecule has 1 aromatic rings. The Hall–Kier alpha value is -2.70. The minimum absolute atomic E-state index is 0.154. The summed E-state index contributed by atoms with van der Waals surface area (Å²) in [4.78, 5) is 27.7. The van der Waals surface area contributed by atoms with E-state index >= 15 is 0 Å². The largest absolute Gasteiger partial charge is 0.440 e. The van der Waals surface area contributed by atoms with Crippen LogP contribution in [0.1, 0.15) is 38.3 Å². The summed E-state index contributed by atoms with van der Waals surface area (Å²) in [6.45, 7) is 3.91. The van der Waals surface area contributed by atoms with Crippen molar-refractivity contribution in [2.75, 3.05) is 0 Å². The number of pyridine rings is 1. The van der Waals surface area contributed by atoms with Crippen LogP contribution in [0.5, 0.6) is 0 Å². The molecule has 23 heavy (non-hydrogen) atoms. The Balaban J connectivity index is 2.20. The lowest BCUT2D eigenvalue weighted by Crippen LogP contribution is -2.35. The van der Waals surface area contributed by atoms with Gasteiger partial charge in [-0.3, -0.25) is 19.9 Å². The van der Waals surface area contributed by atoms with Gasteiger partial charge in [-0.2, -0.15) is 0 Å². The number of ketones is 1. The Kier molecular flexibility index (Phi) is 3.43. The first-order valence-electron chi connectivity index (χ1n) is 7.29. The highest BCUT2D eigenvalue weighted by Crippen LogP contribution is 2.47. The number of aromatic nitrogens is 1. The Labute approximate surface area is 133 Å². The van der Waals surface area contributed by atoms with Gasteiger partial charge in [-0.25, -0.2) is 0 Å². The molecule has 1 aliphatic heterocycles. The van der Waals surface area contributed by atoms with Crippen LogP contribution in [0.25, 0.3) is 0 Å². The van der Waals surface area contributed by atoms with Gasteiger partial charge in [0.2, 0.25) is 0 Å². The van der Waals surface area contributed by atoms with Crippen molar-refractivity contribution in [3.05, 3.63) is 63.1 Å². The topological polar surface area (TPSA) is 108 Å². The molecule has 0 bridgehead atoms. The molecule has 3 rings (SSSR count). The summed E-state index contributed by atoms with van der Waals surface area (Å²) in [5, 5.41) is 11.5. The van der Waals surface area contributed by atoms with E-state index in [1.54, 1.807) is 18.2 Å². The molecule has 1 aliphatic carbocycles. The highest BCUT2D eigenvalue weighted by atomic mass is 16.6. The second kappa shape index (κ2) is 5.19. The Morgan fingerprint density at radius 1 is 1.39 bits per heavy atom. The summed E-state index contributed by atoms with van der Waals surface area (Å²) in [6.07, 6.45) is 2.35. The van der Waals surface area contributed by atoms with E-state index in [9.17, 15) is 14.9 Å². The summed E-state index contributed by atoms with van der Waals surface area (Å²) in [5.74, 6) is -0.891. The molecule has 1 aromatic heterocycles. The number of carbonyl (C=O) groups is 1. The van der Waals surface area contributed by atoms with E-state index in [1.807, 2.05) is 13.8 Å². The number of nitro groups is 1. The standard InChI is InChI=1S/C16H17N3O4/c1-16(2)7-10(20)13-11(8-16)23-15(17)14(19(21)22)12(13)9-5-3-4-6-18-9/h3-6,12H,7-8,17H2,1-2H3. The van der Waals surface area contributed by atoms with Crippen LogP contribution < -0.4 is 5.73 Å². The van der Waals surface area contributed by atoms with Crippen LogP contribution in [0, 0.1) is 15.5 Å². The van der Waals surface area contributed by atoms with Gasteiger partial charge in [-0.1, -0.05) is 19.9 Å². The maximum absolute atomic E-state index is 12.7. The molecule has 2 heterocycles. The van der Waals surface area contributed by atoms with Gasteiger partial charge in [0, 0.05) is 19.0 Å². The van der Waals surface area contributed by atoms with Crippen molar-refractivity contribution in [3.63, 3.8) is 0 Å². The predicted octanol–water partition coefficient (Wildman–Crippen LogP) is 2.24. The van der Waals surface area contributed by atoms with E-state index in [2.05, 4.69) is 4.98 Å². The van der Waals surface area contributed by atoms with E-state index in [0.717, 1.165) is 0 Å². The first kappa shape index (κ1) is 15.2. The molecule has 0 spiro atoms. The van der Waals surface area contributed by atoms with Crippen LogP contribution >= 0.6 is 0 Å². The zero-order chi connectivity index (χ0) is 16.8. The summed E-state index contributed by atoms with van der Waals surface area (Å²) >= 11 is 0. The molecule has 1 unspecified atom stereocenters. The quantitative estimate of drug-likeness (QED) is 0.662. The number of Topliss-reactive ketones (excluding diaryl/α,β-unsaturated/α-hetero) is 1. The number of ether oxygens (including phenoxy) is 1. The van der Waals surface area contributed by atoms with Crippen molar-refractivity contribution in [2.45, 2.75) is 32.6 Å². The lowest BCUT2D eigenvalue weighted by Gasteiger charge is -2.35. The van der Waals surface area contributed by atoms with Crippen molar-refractivity contribution in [1.82, 2.24) is 4.98 Å². The molecule has 7 heteroatoms. The van der Waals surface area contributed by atoms with Crippen LogP contribution in [-0.4, -0.2) is 15.7 Å². The van der Waals surface area contributed by atoms with Crippen LogP contribution in [0.15, 0.2) is 47.3 Å². The van der Waals surface area contributed by atoms with E-state index in [0.29, 0.717) is 29.9 Å². The summed E-state index contributed by atoms with van der Waals surface area (Å²) in [5.41, 5.74) is 5.93. The fourth-order valence-corrected chi connectivity index (χ4v) is 3.18. The van der Waals surface area contributed by atoms with Gasteiger partial charge in [-0.05, 0) is 17.5 Å². The average molecular weight is 315 g/mol. The first-order valence-corrected chi connectivity index (χ1v) is 7.29. The van der Waals surface area contributed by atoms with Gasteiger partial charge in [-0.15, -0.1) is 0 Å². The van der Waals surface area contributed by atoms with Gasteiger partial charge in [0.1, 0.15) is 11.7 Å². The molecule has 0 radical (unpaired) electrons. The summed E-state index contributed by atoms with van der Waals surface area (Å²) in [6, 6.07) is 5.09. The highest BCUT2D eigenvalue weighted by molar-refractivity contribution is 5.99. The van der Waals surface area contributed by atoms with Gasteiger partial charge in [0.15, 0.2) is 5.78 Å². The number of rotatable bonds is 2. The molecule has 0 saturated carbocycles. The number of nitrogens with zero attached hydrogens (tertiary/aromatic N) is 2. The van der Waals surface area contributed by atoms with Crippen molar-refractivity contribution in [3.8, 4) is 0 Å².